The summed E-state index contributed by atoms with van der Waals surface area (Å²) in [5.74, 6) is 0.429. The number of pyridine rings is 1. The van der Waals surface area contributed by atoms with Crippen LogP contribution in [-0.4, -0.2) is 24.6 Å². The first kappa shape index (κ1) is 21.1. The molecule has 0 fully saturated rings. The van der Waals surface area contributed by atoms with Gasteiger partial charge >= 0.3 is 0 Å². The average molecular weight is 468 g/mol. The molecular weight excluding hydrogens is 450 g/mol. The van der Waals surface area contributed by atoms with Crippen LogP contribution in [0.15, 0.2) is 57.8 Å². The number of carbonyl (C=O) groups is 1. The number of carbonyl (C=O) groups excluding carboxylic acids is 1. The predicted octanol–water partition coefficient (Wildman–Crippen LogP) is 4.01. The van der Waals surface area contributed by atoms with Gasteiger partial charge in [0, 0.05) is 21.4 Å². The van der Waals surface area contributed by atoms with E-state index in [9.17, 15) is 14.9 Å². The molecule has 3 aromatic rings. The molecule has 0 unspecified atom stereocenters. The number of hydrogen-bond acceptors (Lipinski definition) is 5. The molecule has 0 saturated carbocycles. The number of nitrogens with zero attached hydrogens (tertiary/aromatic N) is 1. The van der Waals surface area contributed by atoms with Gasteiger partial charge in [0.15, 0.2) is 18.1 Å². The van der Waals surface area contributed by atoms with Crippen LogP contribution in [0.5, 0.6) is 11.5 Å². The van der Waals surface area contributed by atoms with E-state index in [2.05, 4.69) is 26.2 Å². The Morgan fingerprint density at radius 2 is 1.90 bits per heavy atom. The lowest BCUT2D eigenvalue weighted by Gasteiger charge is -2.13. The number of aromatic amines is 1. The summed E-state index contributed by atoms with van der Waals surface area (Å²) < 4.78 is 11.9. The molecular formula is C22H18BrN3O4. The summed E-state index contributed by atoms with van der Waals surface area (Å²) in [7, 11) is 1.47. The minimum Gasteiger partial charge on any atom is -0.493 e. The first-order valence-electron chi connectivity index (χ1n) is 8.92. The molecule has 1 amide bonds. The van der Waals surface area contributed by atoms with E-state index in [4.69, 9.17) is 9.47 Å². The zero-order valence-electron chi connectivity index (χ0n) is 16.3. The smallest absolute Gasteiger partial charge is 0.266 e. The third-order valence-corrected chi connectivity index (χ3v) is 4.77. The number of nitriles is 1. The minimum atomic E-state index is -0.448. The highest BCUT2D eigenvalue weighted by atomic mass is 79.9. The number of nitrogens with one attached hydrogen (secondary N) is 2. The molecule has 0 aliphatic rings. The lowest BCUT2D eigenvalue weighted by Crippen LogP contribution is -2.20. The summed E-state index contributed by atoms with van der Waals surface area (Å²) in [6.07, 6.45) is 0. The van der Waals surface area contributed by atoms with E-state index in [1.54, 1.807) is 43.3 Å². The Morgan fingerprint density at radius 1 is 1.17 bits per heavy atom. The maximum absolute atomic E-state index is 12.2. The molecule has 0 spiro atoms. The fourth-order valence-corrected chi connectivity index (χ4v) is 3.12. The molecule has 0 atom stereocenters. The number of H-pyrrole nitrogens is 1. The summed E-state index contributed by atoms with van der Waals surface area (Å²) >= 11 is 3.34. The summed E-state index contributed by atoms with van der Waals surface area (Å²) in [6.45, 7) is 1.53. The van der Waals surface area contributed by atoms with Gasteiger partial charge in [0.25, 0.3) is 11.5 Å². The van der Waals surface area contributed by atoms with Crippen molar-refractivity contribution in [2.75, 3.05) is 19.0 Å². The van der Waals surface area contributed by atoms with Crippen molar-refractivity contribution >= 4 is 27.5 Å². The number of benzene rings is 2. The van der Waals surface area contributed by atoms with Crippen LogP contribution >= 0.6 is 15.9 Å². The highest BCUT2D eigenvalue weighted by molar-refractivity contribution is 9.10. The van der Waals surface area contributed by atoms with Crippen LogP contribution in [0.3, 0.4) is 0 Å². The maximum atomic E-state index is 12.2. The first-order valence-corrected chi connectivity index (χ1v) is 9.71. The van der Waals surface area contributed by atoms with Gasteiger partial charge in [0.1, 0.15) is 11.6 Å². The van der Waals surface area contributed by atoms with Crippen molar-refractivity contribution in [2.24, 2.45) is 0 Å². The van der Waals surface area contributed by atoms with Crippen LogP contribution in [0.25, 0.3) is 11.1 Å². The quantitative estimate of drug-likeness (QED) is 0.569. The predicted molar refractivity (Wildman–Crippen MR) is 117 cm³/mol. The molecule has 30 heavy (non-hydrogen) atoms. The normalized spacial score (nSPS) is 10.2. The molecule has 3 rings (SSSR count). The Kier molecular flexibility index (Phi) is 6.54. The molecule has 2 aromatic carbocycles. The summed E-state index contributed by atoms with van der Waals surface area (Å²) in [5.41, 5.74) is 1.99. The van der Waals surface area contributed by atoms with Gasteiger partial charge in [-0.3, -0.25) is 9.59 Å². The van der Waals surface area contributed by atoms with Crippen molar-refractivity contribution in [1.82, 2.24) is 4.98 Å². The molecule has 0 aliphatic heterocycles. The van der Waals surface area contributed by atoms with Gasteiger partial charge in [-0.25, -0.2) is 0 Å². The zero-order valence-corrected chi connectivity index (χ0v) is 17.9. The number of aromatic nitrogens is 1. The van der Waals surface area contributed by atoms with Crippen LogP contribution in [0.1, 0.15) is 11.3 Å². The molecule has 2 N–H and O–H groups in total. The van der Waals surface area contributed by atoms with Crippen LogP contribution in [0.2, 0.25) is 0 Å². The fraction of sp³-hybridized carbons (Fsp3) is 0.136. The molecule has 8 heteroatoms. The number of methoxy groups -OCH3 is 1. The van der Waals surface area contributed by atoms with Crippen LogP contribution in [0, 0.1) is 18.3 Å². The first-order chi connectivity index (χ1) is 14.4. The van der Waals surface area contributed by atoms with E-state index < -0.39 is 5.56 Å². The second-order valence-corrected chi connectivity index (χ2v) is 7.31. The minimum absolute atomic E-state index is 0.0187. The Labute approximate surface area is 181 Å². The molecule has 0 saturated heterocycles. The van der Waals surface area contributed by atoms with Gasteiger partial charge in [0.2, 0.25) is 0 Å². The van der Waals surface area contributed by atoms with Gasteiger partial charge in [-0.2, -0.15) is 5.26 Å². The lowest BCUT2D eigenvalue weighted by atomic mass is 10.0. The van der Waals surface area contributed by atoms with Crippen molar-refractivity contribution in [2.45, 2.75) is 6.92 Å². The average Bonchev–Trinajstić information content (AvgIpc) is 2.73. The van der Waals surface area contributed by atoms with E-state index in [0.717, 1.165) is 4.47 Å². The molecule has 152 valence electrons. The molecule has 7 nitrogen and oxygen atoms in total. The number of ether oxygens (including phenoxy) is 2. The van der Waals surface area contributed by atoms with Crippen molar-refractivity contribution in [1.29, 1.82) is 5.26 Å². The van der Waals surface area contributed by atoms with Crippen LogP contribution in [-0.2, 0) is 4.79 Å². The number of aryl methyl sites for hydroxylation is 1. The zero-order chi connectivity index (χ0) is 21.7. The van der Waals surface area contributed by atoms with E-state index in [1.807, 2.05) is 18.2 Å². The van der Waals surface area contributed by atoms with E-state index in [1.165, 1.54) is 7.11 Å². The Bertz CT molecular complexity index is 1180. The lowest BCUT2D eigenvalue weighted by molar-refractivity contribution is -0.118. The second kappa shape index (κ2) is 9.29. The van der Waals surface area contributed by atoms with Gasteiger partial charge in [-0.15, -0.1) is 0 Å². The standard InChI is InChI=1S/C22H18BrN3O4/c1-13-9-17(18(11-24)22(28)25-13)14-3-8-19(20(10-14)29-2)30-12-21(27)26-16-6-4-15(23)5-7-16/h3-10H,12H2,1-2H3,(H,25,28)(H,26,27). The molecule has 0 bridgehead atoms. The Balaban J connectivity index is 1.78. The monoisotopic (exact) mass is 467 g/mol. The Morgan fingerprint density at radius 3 is 2.57 bits per heavy atom. The maximum Gasteiger partial charge on any atom is 0.266 e. The Hall–Kier alpha value is -3.57. The second-order valence-electron chi connectivity index (χ2n) is 6.39. The van der Waals surface area contributed by atoms with Gasteiger partial charge < -0.3 is 19.8 Å². The molecule has 1 heterocycles. The van der Waals surface area contributed by atoms with Crippen molar-refractivity contribution in [3.63, 3.8) is 0 Å². The number of amides is 1. The van der Waals surface area contributed by atoms with Crippen molar-refractivity contribution < 1.29 is 14.3 Å². The summed E-state index contributed by atoms with van der Waals surface area (Å²) in [5, 5.41) is 12.1. The van der Waals surface area contributed by atoms with Gasteiger partial charge in [-0.05, 0) is 55.0 Å². The SMILES string of the molecule is COc1cc(-c2cc(C)[nH]c(=O)c2C#N)ccc1OCC(=O)Nc1ccc(Br)cc1. The summed E-state index contributed by atoms with van der Waals surface area (Å²) in [6, 6.07) is 15.9. The number of rotatable bonds is 6. The van der Waals surface area contributed by atoms with Gasteiger partial charge in [0.05, 0.1) is 7.11 Å². The molecule has 1 aromatic heterocycles. The fourth-order valence-electron chi connectivity index (χ4n) is 2.86. The van der Waals surface area contributed by atoms with Crippen LogP contribution in [0.4, 0.5) is 5.69 Å². The van der Waals surface area contributed by atoms with Gasteiger partial charge in [-0.1, -0.05) is 22.0 Å². The number of hydrogen-bond donors (Lipinski definition) is 2. The largest absolute Gasteiger partial charge is 0.493 e. The topological polar surface area (TPSA) is 104 Å². The summed E-state index contributed by atoms with van der Waals surface area (Å²) in [4.78, 5) is 26.8. The number of halogens is 1. The molecule has 0 aliphatic carbocycles. The van der Waals surface area contributed by atoms with Crippen molar-refractivity contribution in [3.05, 3.63) is 74.6 Å². The van der Waals surface area contributed by atoms with Crippen LogP contribution < -0.4 is 20.3 Å². The third-order valence-electron chi connectivity index (χ3n) is 4.24. The number of anilines is 1. The van der Waals surface area contributed by atoms with E-state index >= 15 is 0 Å². The van der Waals surface area contributed by atoms with Crippen molar-refractivity contribution in [3.8, 4) is 28.7 Å². The van der Waals surface area contributed by atoms with E-state index in [0.29, 0.717) is 34.0 Å². The molecule has 0 radical (unpaired) electrons. The van der Waals surface area contributed by atoms with E-state index in [-0.39, 0.29) is 18.1 Å². The third kappa shape index (κ3) is 4.88. The highest BCUT2D eigenvalue weighted by Gasteiger charge is 2.14. The highest BCUT2D eigenvalue weighted by Crippen LogP contribution is 2.33.